The van der Waals surface area contributed by atoms with Crippen LogP contribution in [0.1, 0.15) is 11.1 Å². The van der Waals surface area contributed by atoms with E-state index in [0.717, 1.165) is 0 Å². The first kappa shape index (κ1) is 25.8. The van der Waals surface area contributed by atoms with E-state index in [-0.39, 0.29) is 0 Å². The molecule has 6 rings (SSSR count). The first-order valence-corrected chi connectivity index (χ1v) is 15.3. The summed E-state index contributed by atoms with van der Waals surface area (Å²) < 4.78 is 0. The van der Waals surface area contributed by atoms with Gasteiger partial charge in [-0.15, -0.1) is 0 Å². The quantitative estimate of drug-likeness (QED) is 0.188. The molecule has 0 aromatic heterocycles. The predicted octanol–water partition coefficient (Wildman–Crippen LogP) is 9.84. The highest BCUT2D eigenvalue weighted by molar-refractivity contribution is 7.71. The highest BCUT2D eigenvalue weighted by atomic mass is 31.1. The lowest BCUT2D eigenvalue weighted by molar-refractivity contribution is 1.46. The summed E-state index contributed by atoms with van der Waals surface area (Å²) in [5, 5.41) is 2.59. The van der Waals surface area contributed by atoms with E-state index >= 15 is 0 Å². The topological polar surface area (TPSA) is 0 Å². The normalized spacial score (nSPS) is 10.8. The Labute approximate surface area is 239 Å². The minimum Gasteiger partial charge on any atom is -0.0622 e. The Morgan fingerprint density at radius 3 is 0.925 bits per heavy atom. The highest BCUT2D eigenvalue weighted by Gasteiger charge is 2.29. The van der Waals surface area contributed by atoms with Crippen LogP contribution < -0.4 is 10.6 Å². The van der Waals surface area contributed by atoms with E-state index in [2.05, 4.69) is 159 Å². The van der Waals surface area contributed by atoms with E-state index in [0.29, 0.717) is 0 Å². The standard InChI is InChI=1S/C39H32P/c1-28-24-26-34(38(32-20-12-6-13-21-32)36(28)30-16-8-4-9-17-30)40(3)35-27-25-29(2)37(31-18-10-5-11-19-31)39(35)33-22-14-7-15-23-33/h4-27H,3H2,1-2H3/q+1. The van der Waals surface area contributed by atoms with Gasteiger partial charge in [-0.3, -0.25) is 0 Å². The molecule has 0 amide bonds. The molecule has 40 heavy (non-hydrogen) atoms. The third kappa shape index (κ3) is 4.84. The minimum atomic E-state index is -0.948. The molecule has 0 fully saturated rings. The summed E-state index contributed by atoms with van der Waals surface area (Å²) in [6, 6.07) is 52.4. The van der Waals surface area contributed by atoms with Crippen LogP contribution in [0.25, 0.3) is 44.5 Å². The maximum atomic E-state index is 4.94. The third-order valence-corrected chi connectivity index (χ3v) is 9.52. The van der Waals surface area contributed by atoms with Gasteiger partial charge in [-0.05, 0) is 70.5 Å². The lowest BCUT2D eigenvalue weighted by Crippen LogP contribution is -2.15. The average Bonchev–Trinajstić information content (AvgIpc) is 3.02. The van der Waals surface area contributed by atoms with Crippen LogP contribution in [0.4, 0.5) is 0 Å². The van der Waals surface area contributed by atoms with Crippen molar-refractivity contribution in [1.82, 2.24) is 0 Å². The van der Waals surface area contributed by atoms with Gasteiger partial charge < -0.3 is 0 Å². The zero-order valence-corrected chi connectivity index (χ0v) is 23.9. The van der Waals surface area contributed by atoms with E-state index in [4.69, 9.17) is 6.30 Å². The second-order valence-electron chi connectivity index (χ2n) is 10.2. The molecule has 0 saturated carbocycles. The molecule has 0 unspecified atom stereocenters. The fourth-order valence-corrected chi connectivity index (χ4v) is 7.51. The second kappa shape index (κ2) is 11.3. The van der Waals surface area contributed by atoms with Crippen LogP contribution in [0, 0.1) is 13.8 Å². The van der Waals surface area contributed by atoms with Crippen molar-refractivity contribution in [1.29, 1.82) is 0 Å². The van der Waals surface area contributed by atoms with Crippen LogP contribution in [0.2, 0.25) is 0 Å². The zero-order chi connectivity index (χ0) is 27.5. The van der Waals surface area contributed by atoms with Crippen molar-refractivity contribution >= 4 is 24.5 Å². The first-order valence-electron chi connectivity index (χ1n) is 13.7. The van der Waals surface area contributed by atoms with Gasteiger partial charge in [0.25, 0.3) is 0 Å². The Morgan fingerprint density at radius 2 is 0.625 bits per heavy atom. The van der Waals surface area contributed by atoms with Crippen molar-refractivity contribution in [3.8, 4) is 44.5 Å². The molecule has 1 heteroatoms. The van der Waals surface area contributed by atoms with Gasteiger partial charge in [-0.2, -0.15) is 0 Å². The van der Waals surface area contributed by atoms with Crippen LogP contribution in [-0.2, 0) is 0 Å². The second-order valence-corrected chi connectivity index (χ2v) is 12.0. The summed E-state index contributed by atoms with van der Waals surface area (Å²) in [5.41, 5.74) is 12.6. The molecule has 0 spiro atoms. The number of hydrogen-bond donors (Lipinski definition) is 0. The maximum Gasteiger partial charge on any atom is 0.163 e. The first-order chi connectivity index (χ1) is 19.6. The maximum absolute atomic E-state index is 4.94. The van der Waals surface area contributed by atoms with Crippen molar-refractivity contribution < 1.29 is 0 Å². The molecule has 6 aromatic rings. The van der Waals surface area contributed by atoms with Gasteiger partial charge in [0, 0.05) is 11.1 Å². The molecule has 192 valence electrons. The molecule has 6 aromatic carbocycles. The van der Waals surface area contributed by atoms with E-state index in [1.807, 2.05) is 0 Å². The number of benzene rings is 6. The fraction of sp³-hybridized carbons (Fsp3) is 0.0513. The fourth-order valence-electron chi connectivity index (χ4n) is 5.72. The molecule has 0 aliphatic carbocycles. The molecule has 0 nitrogen and oxygen atoms in total. The summed E-state index contributed by atoms with van der Waals surface area (Å²) in [6.45, 7) is 4.44. The van der Waals surface area contributed by atoms with Gasteiger partial charge in [-0.1, -0.05) is 133 Å². The molecule has 0 atom stereocenters. The van der Waals surface area contributed by atoms with Crippen molar-refractivity contribution in [2.75, 3.05) is 0 Å². The van der Waals surface area contributed by atoms with Crippen molar-refractivity contribution in [3.63, 3.8) is 0 Å². The van der Waals surface area contributed by atoms with Gasteiger partial charge in [0.1, 0.15) is 0 Å². The van der Waals surface area contributed by atoms with Gasteiger partial charge in [-0.25, -0.2) is 0 Å². The Kier molecular flexibility index (Phi) is 7.28. The summed E-state index contributed by atoms with van der Waals surface area (Å²) in [6.07, 6.45) is 4.94. The summed E-state index contributed by atoms with van der Waals surface area (Å²) in [5.74, 6) is 0. The average molecular weight is 532 g/mol. The number of rotatable bonds is 6. The largest absolute Gasteiger partial charge is 0.163 e. The summed E-state index contributed by atoms with van der Waals surface area (Å²) >= 11 is 0. The smallest absolute Gasteiger partial charge is 0.0622 e. The Morgan fingerprint density at radius 1 is 0.350 bits per heavy atom. The summed E-state index contributed by atoms with van der Waals surface area (Å²) in [7, 11) is -0.948. The molecule has 0 heterocycles. The molecular weight excluding hydrogens is 499 g/mol. The molecule has 0 bridgehead atoms. The van der Waals surface area contributed by atoms with Gasteiger partial charge in [0.05, 0.1) is 6.30 Å². The molecule has 0 aliphatic heterocycles. The number of hydrogen-bond acceptors (Lipinski definition) is 0. The van der Waals surface area contributed by atoms with Crippen LogP contribution in [0.5, 0.6) is 0 Å². The van der Waals surface area contributed by atoms with Crippen LogP contribution >= 0.6 is 7.55 Å². The van der Waals surface area contributed by atoms with Gasteiger partial charge in [0.2, 0.25) is 0 Å². The molecular formula is C39H32P+. The highest BCUT2D eigenvalue weighted by Crippen LogP contribution is 2.42. The van der Waals surface area contributed by atoms with Crippen LogP contribution in [-0.4, -0.2) is 6.30 Å². The van der Waals surface area contributed by atoms with Crippen LogP contribution in [0.15, 0.2) is 146 Å². The molecule has 0 N–H and O–H groups in total. The minimum absolute atomic E-state index is 0.948. The predicted molar refractivity (Wildman–Crippen MR) is 177 cm³/mol. The molecule has 0 radical (unpaired) electrons. The lowest BCUT2D eigenvalue weighted by atomic mass is 9.91. The molecule has 0 saturated heterocycles. The summed E-state index contributed by atoms with van der Waals surface area (Å²) in [4.78, 5) is 0. The SMILES string of the molecule is C=[P+](c1ccc(C)c(-c2ccccc2)c1-c1ccccc1)c1ccc(C)c(-c2ccccc2)c1-c1ccccc1. The van der Waals surface area contributed by atoms with E-state index in [9.17, 15) is 0 Å². The van der Waals surface area contributed by atoms with E-state index in [1.165, 1.54) is 66.2 Å². The molecule has 0 aliphatic rings. The number of aryl methyl sites for hydroxylation is 2. The van der Waals surface area contributed by atoms with Gasteiger partial charge in [0.15, 0.2) is 18.2 Å². The van der Waals surface area contributed by atoms with Crippen LogP contribution in [0.3, 0.4) is 0 Å². The third-order valence-electron chi connectivity index (χ3n) is 7.61. The van der Waals surface area contributed by atoms with Gasteiger partial charge >= 0.3 is 0 Å². The van der Waals surface area contributed by atoms with Crippen molar-refractivity contribution in [3.05, 3.63) is 157 Å². The lowest BCUT2D eigenvalue weighted by Gasteiger charge is -2.18. The Bertz CT molecular complexity index is 1650. The Hall–Kier alpha value is -4.51. The van der Waals surface area contributed by atoms with Crippen molar-refractivity contribution in [2.24, 2.45) is 0 Å². The van der Waals surface area contributed by atoms with E-state index < -0.39 is 7.55 Å². The Balaban J connectivity index is 1.66. The monoisotopic (exact) mass is 531 g/mol. The zero-order valence-electron chi connectivity index (χ0n) is 23.0. The van der Waals surface area contributed by atoms with Crippen molar-refractivity contribution in [2.45, 2.75) is 13.8 Å². The van der Waals surface area contributed by atoms with E-state index in [1.54, 1.807) is 0 Å².